The van der Waals surface area contributed by atoms with Crippen LogP contribution in [0.2, 0.25) is 0 Å². The molecule has 1 aliphatic rings. The van der Waals surface area contributed by atoms with E-state index in [1.54, 1.807) is 7.05 Å². The van der Waals surface area contributed by atoms with Crippen molar-refractivity contribution >= 4 is 17.5 Å². The number of rotatable bonds is 5. The molecule has 0 atom stereocenters. The predicted octanol–water partition coefficient (Wildman–Crippen LogP) is 3.26. The van der Waals surface area contributed by atoms with Crippen LogP contribution in [-0.4, -0.2) is 64.0 Å². The molecule has 1 aromatic carbocycles. The van der Waals surface area contributed by atoms with E-state index in [-0.39, 0.29) is 28.5 Å². The van der Waals surface area contributed by atoms with Crippen LogP contribution in [0.1, 0.15) is 15.9 Å². The second-order valence-electron chi connectivity index (χ2n) is 7.42. The molecular weight excluding hydrogens is 460 g/mol. The zero-order valence-corrected chi connectivity index (χ0v) is 18.2. The molecule has 1 saturated heterocycles. The molecule has 0 radical (unpaired) electrons. The summed E-state index contributed by atoms with van der Waals surface area (Å²) in [6.07, 6.45) is -1.44. The van der Waals surface area contributed by atoms with Crippen LogP contribution in [0, 0.1) is 5.82 Å². The van der Waals surface area contributed by atoms with Crippen molar-refractivity contribution in [1.29, 1.82) is 0 Å². The highest BCUT2D eigenvalue weighted by molar-refractivity contribution is 5.96. The molecule has 3 heterocycles. The summed E-state index contributed by atoms with van der Waals surface area (Å²) in [5.41, 5.74) is -1.47. The summed E-state index contributed by atoms with van der Waals surface area (Å²) in [6, 6.07) is 2.23. The van der Waals surface area contributed by atoms with E-state index in [9.17, 15) is 22.4 Å². The van der Waals surface area contributed by atoms with Crippen LogP contribution in [0.4, 0.5) is 29.2 Å². The van der Waals surface area contributed by atoms with E-state index in [4.69, 9.17) is 9.47 Å². The van der Waals surface area contributed by atoms with Gasteiger partial charge in [-0.15, -0.1) is 0 Å². The molecule has 1 amide bonds. The average molecular weight is 480 g/mol. The number of nitrogens with one attached hydrogen (secondary N) is 1. The van der Waals surface area contributed by atoms with Gasteiger partial charge in [0.25, 0.3) is 5.91 Å². The van der Waals surface area contributed by atoms with Crippen LogP contribution in [0.25, 0.3) is 11.3 Å². The van der Waals surface area contributed by atoms with Crippen molar-refractivity contribution in [3.63, 3.8) is 0 Å². The normalized spacial score (nSPS) is 14.2. The number of aryl methyl sites for hydroxylation is 1. The molecule has 13 heteroatoms. The lowest BCUT2D eigenvalue weighted by Gasteiger charge is -2.27. The highest BCUT2D eigenvalue weighted by Gasteiger charge is 2.36. The molecule has 4 rings (SSSR count). The van der Waals surface area contributed by atoms with Gasteiger partial charge in [0, 0.05) is 44.2 Å². The number of amides is 1. The maximum atomic E-state index is 14.9. The molecule has 0 saturated carbocycles. The molecule has 0 unspecified atom stereocenters. The summed E-state index contributed by atoms with van der Waals surface area (Å²) in [6.45, 7) is 1.37. The van der Waals surface area contributed by atoms with Gasteiger partial charge >= 0.3 is 6.18 Å². The highest BCUT2D eigenvalue weighted by atomic mass is 19.4. The van der Waals surface area contributed by atoms with Gasteiger partial charge in [0.05, 0.1) is 43.5 Å². The number of alkyl halides is 3. The first-order valence-electron chi connectivity index (χ1n) is 10.1. The number of nitrogens with zero attached hydrogens (tertiary/aromatic N) is 5. The number of carbonyl (C=O) groups excluding carboxylic acids is 1. The van der Waals surface area contributed by atoms with Gasteiger partial charge in [-0.05, 0) is 6.07 Å². The first kappa shape index (κ1) is 23.4. The lowest BCUT2D eigenvalue weighted by Crippen LogP contribution is -2.41. The third-order valence-corrected chi connectivity index (χ3v) is 5.14. The summed E-state index contributed by atoms with van der Waals surface area (Å²) in [7, 11) is 2.88. The smallest absolute Gasteiger partial charge is 0.419 e. The Morgan fingerprint density at radius 2 is 1.94 bits per heavy atom. The monoisotopic (exact) mass is 480 g/mol. The van der Waals surface area contributed by atoms with Gasteiger partial charge in [-0.2, -0.15) is 18.3 Å². The van der Waals surface area contributed by atoms with Crippen LogP contribution in [-0.2, 0) is 18.0 Å². The number of morpholine rings is 1. The van der Waals surface area contributed by atoms with Crippen molar-refractivity contribution in [3.8, 4) is 17.0 Å². The number of anilines is 2. The molecule has 3 aromatic rings. The number of ether oxygens (including phenoxy) is 2. The van der Waals surface area contributed by atoms with Crippen molar-refractivity contribution in [3.05, 3.63) is 47.7 Å². The van der Waals surface area contributed by atoms with Gasteiger partial charge in [0.2, 0.25) is 5.95 Å². The van der Waals surface area contributed by atoms with Crippen LogP contribution < -0.4 is 10.1 Å². The average Bonchev–Trinajstić information content (AvgIpc) is 3.25. The minimum Gasteiger partial charge on any atom is -0.495 e. The molecule has 34 heavy (non-hydrogen) atoms. The third kappa shape index (κ3) is 4.78. The largest absolute Gasteiger partial charge is 0.495 e. The van der Waals surface area contributed by atoms with E-state index >= 15 is 0 Å². The fourth-order valence-electron chi connectivity index (χ4n) is 3.45. The maximum absolute atomic E-state index is 14.9. The number of hydrogen-bond acceptors (Lipinski definition) is 7. The van der Waals surface area contributed by atoms with E-state index < -0.39 is 29.2 Å². The van der Waals surface area contributed by atoms with Crippen LogP contribution in [0.15, 0.2) is 30.7 Å². The Hall–Kier alpha value is -3.74. The van der Waals surface area contributed by atoms with Gasteiger partial charge in [0.15, 0.2) is 0 Å². The van der Waals surface area contributed by atoms with Crippen LogP contribution >= 0.6 is 0 Å². The molecule has 0 aliphatic carbocycles. The van der Waals surface area contributed by atoms with Gasteiger partial charge in [-0.1, -0.05) is 0 Å². The molecule has 1 fully saturated rings. The SMILES string of the molecule is COc1cc(C(=O)N2CCOCC2)c(F)cc1Nc1ncc(C(F)(F)F)c(-c2cnn(C)c2)n1. The number of benzene rings is 1. The fraction of sp³-hybridized carbons (Fsp3) is 0.333. The quantitative estimate of drug-likeness (QED) is 0.561. The predicted molar refractivity (Wildman–Crippen MR) is 112 cm³/mol. The van der Waals surface area contributed by atoms with Gasteiger partial charge < -0.3 is 19.7 Å². The van der Waals surface area contributed by atoms with Crippen molar-refractivity contribution in [2.45, 2.75) is 6.18 Å². The number of aromatic nitrogens is 4. The Labute approximate surface area is 191 Å². The van der Waals surface area contributed by atoms with Crippen molar-refractivity contribution < 1.29 is 31.8 Å². The summed E-state index contributed by atoms with van der Waals surface area (Å²) in [5, 5.41) is 6.57. The maximum Gasteiger partial charge on any atom is 0.419 e. The molecule has 1 N–H and O–H groups in total. The Bertz CT molecular complexity index is 1210. The molecule has 0 bridgehead atoms. The number of methoxy groups -OCH3 is 1. The van der Waals surface area contributed by atoms with Gasteiger partial charge in [-0.25, -0.2) is 14.4 Å². The standard InChI is InChI=1S/C21H20F4N6O3/c1-30-11-12(9-27-30)18-14(21(23,24)25)10-26-20(29-18)28-16-8-15(22)13(7-17(16)33-2)19(32)31-3-5-34-6-4-31/h7-11H,3-6H2,1-2H3,(H,26,28,29). The van der Waals surface area contributed by atoms with Crippen molar-refractivity contribution in [2.75, 3.05) is 38.7 Å². The molecule has 2 aromatic heterocycles. The number of hydrogen-bond donors (Lipinski definition) is 1. The van der Waals surface area contributed by atoms with E-state index in [0.717, 1.165) is 6.07 Å². The minimum atomic E-state index is -4.70. The zero-order chi connectivity index (χ0) is 24.5. The van der Waals surface area contributed by atoms with E-state index in [1.165, 1.54) is 35.2 Å². The van der Waals surface area contributed by atoms with Crippen molar-refractivity contribution in [2.24, 2.45) is 7.05 Å². The van der Waals surface area contributed by atoms with E-state index in [2.05, 4.69) is 20.4 Å². The topological polar surface area (TPSA) is 94.4 Å². The molecule has 1 aliphatic heterocycles. The Kier molecular flexibility index (Phi) is 6.37. The Morgan fingerprint density at radius 3 is 2.56 bits per heavy atom. The lowest BCUT2D eigenvalue weighted by molar-refractivity contribution is -0.137. The second-order valence-corrected chi connectivity index (χ2v) is 7.42. The molecular formula is C21H20F4N6O3. The third-order valence-electron chi connectivity index (χ3n) is 5.14. The first-order valence-corrected chi connectivity index (χ1v) is 10.1. The highest BCUT2D eigenvalue weighted by Crippen LogP contribution is 2.37. The molecule has 180 valence electrons. The Balaban J connectivity index is 1.68. The summed E-state index contributed by atoms with van der Waals surface area (Å²) in [4.78, 5) is 21.9. The van der Waals surface area contributed by atoms with E-state index in [0.29, 0.717) is 32.5 Å². The van der Waals surface area contributed by atoms with Gasteiger partial charge in [-0.3, -0.25) is 9.48 Å². The Morgan fingerprint density at radius 1 is 1.21 bits per heavy atom. The van der Waals surface area contributed by atoms with Crippen molar-refractivity contribution in [1.82, 2.24) is 24.6 Å². The first-order chi connectivity index (χ1) is 16.2. The summed E-state index contributed by atoms with van der Waals surface area (Å²) in [5.74, 6) is -1.49. The van der Waals surface area contributed by atoms with E-state index in [1.807, 2.05) is 0 Å². The molecule has 9 nitrogen and oxygen atoms in total. The van der Waals surface area contributed by atoms with Gasteiger partial charge in [0.1, 0.15) is 17.1 Å². The van der Waals surface area contributed by atoms with Crippen LogP contribution in [0.3, 0.4) is 0 Å². The summed E-state index contributed by atoms with van der Waals surface area (Å²) < 4.78 is 67.2. The van der Waals surface area contributed by atoms with Crippen LogP contribution in [0.5, 0.6) is 5.75 Å². The lowest BCUT2D eigenvalue weighted by atomic mass is 10.1. The number of halogens is 4. The fourth-order valence-corrected chi connectivity index (χ4v) is 3.45. The zero-order valence-electron chi connectivity index (χ0n) is 18.2. The second kappa shape index (κ2) is 9.25. The molecule has 0 spiro atoms. The minimum absolute atomic E-state index is 0.0374. The number of carbonyl (C=O) groups is 1. The summed E-state index contributed by atoms with van der Waals surface area (Å²) >= 11 is 0.